The Hall–Kier alpha value is -2.00. The van der Waals surface area contributed by atoms with Gasteiger partial charge in [-0.05, 0) is 49.2 Å². The molecule has 1 atom stereocenters. The molecule has 30 heavy (non-hydrogen) atoms. The number of aliphatic hydroxyl groups excluding tert-OH is 1. The zero-order valence-corrected chi connectivity index (χ0v) is 20.4. The number of aryl methyl sites for hydroxylation is 1. The summed E-state index contributed by atoms with van der Waals surface area (Å²) in [5.41, 5.74) is 3.41. The smallest absolute Gasteiger partial charge is 0.194 e. The Kier molecular flexibility index (Phi) is 9.71. The van der Waals surface area contributed by atoms with Gasteiger partial charge in [-0.3, -0.25) is 4.99 Å². The van der Waals surface area contributed by atoms with E-state index in [0.29, 0.717) is 6.54 Å². The van der Waals surface area contributed by atoms with Crippen LogP contribution in [0.2, 0.25) is 0 Å². The lowest BCUT2D eigenvalue weighted by Crippen LogP contribution is -2.52. The average Bonchev–Trinajstić information content (AvgIpc) is 2.76. The Morgan fingerprint density at radius 3 is 2.43 bits per heavy atom. The van der Waals surface area contributed by atoms with Crippen molar-refractivity contribution >= 4 is 35.6 Å². The molecule has 7 heteroatoms. The highest BCUT2D eigenvalue weighted by Crippen LogP contribution is 2.19. The van der Waals surface area contributed by atoms with Gasteiger partial charge >= 0.3 is 0 Å². The third kappa shape index (κ3) is 6.50. The third-order valence-electron chi connectivity index (χ3n) is 5.20. The van der Waals surface area contributed by atoms with Crippen molar-refractivity contribution in [3.63, 3.8) is 0 Å². The van der Waals surface area contributed by atoms with E-state index in [1.807, 2.05) is 24.3 Å². The van der Waals surface area contributed by atoms with Gasteiger partial charge in [0.25, 0.3) is 0 Å². The van der Waals surface area contributed by atoms with E-state index in [9.17, 15) is 5.11 Å². The zero-order chi connectivity index (χ0) is 20.6. The molecule has 1 aliphatic heterocycles. The molecule has 0 spiro atoms. The maximum Gasteiger partial charge on any atom is 0.194 e. The molecule has 2 aromatic carbocycles. The van der Waals surface area contributed by atoms with Crippen molar-refractivity contribution in [3.8, 4) is 5.75 Å². The van der Waals surface area contributed by atoms with Crippen molar-refractivity contribution in [2.75, 3.05) is 51.3 Å². The quantitative estimate of drug-likeness (QED) is 0.345. The SMILES string of the molecule is CCNC(=NCC(O)c1ccc(OC)cc1)N1CCN(c2cccc(C)c2)CC1.I. The second-order valence-electron chi connectivity index (χ2n) is 7.30. The van der Waals surface area contributed by atoms with Gasteiger partial charge in [0.05, 0.1) is 19.8 Å². The van der Waals surface area contributed by atoms with Crippen LogP contribution in [-0.2, 0) is 0 Å². The first-order chi connectivity index (χ1) is 14.1. The van der Waals surface area contributed by atoms with Gasteiger partial charge in [-0.25, -0.2) is 0 Å². The summed E-state index contributed by atoms with van der Waals surface area (Å²) < 4.78 is 5.18. The number of piperazine rings is 1. The van der Waals surface area contributed by atoms with Crippen molar-refractivity contribution in [1.82, 2.24) is 10.2 Å². The molecule has 2 aromatic rings. The molecule has 164 valence electrons. The molecule has 0 aromatic heterocycles. The van der Waals surface area contributed by atoms with Gasteiger partial charge in [-0.2, -0.15) is 0 Å². The molecule has 0 saturated carbocycles. The number of methoxy groups -OCH3 is 1. The molecule has 1 unspecified atom stereocenters. The molecule has 0 bridgehead atoms. The summed E-state index contributed by atoms with van der Waals surface area (Å²) in [5, 5.41) is 13.9. The van der Waals surface area contributed by atoms with Gasteiger partial charge < -0.3 is 25.0 Å². The zero-order valence-electron chi connectivity index (χ0n) is 18.0. The van der Waals surface area contributed by atoms with Crippen LogP contribution >= 0.6 is 24.0 Å². The van der Waals surface area contributed by atoms with Gasteiger partial charge in [0, 0.05) is 38.4 Å². The fraction of sp³-hybridized carbons (Fsp3) is 0.435. The fourth-order valence-corrected chi connectivity index (χ4v) is 3.53. The molecule has 2 N–H and O–H groups in total. The lowest BCUT2D eigenvalue weighted by atomic mass is 10.1. The number of halogens is 1. The van der Waals surface area contributed by atoms with Crippen LogP contribution in [0.5, 0.6) is 5.75 Å². The molecule has 6 nitrogen and oxygen atoms in total. The van der Waals surface area contributed by atoms with Crippen LogP contribution in [0.1, 0.15) is 24.2 Å². The van der Waals surface area contributed by atoms with E-state index in [1.165, 1.54) is 11.3 Å². The van der Waals surface area contributed by atoms with Gasteiger partial charge in [-0.1, -0.05) is 24.3 Å². The molecule has 0 aliphatic carbocycles. The van der Waals surface area contributed by atoms with E-state index in [2.05, 4.69) is 53.2 Å². The highest BCUT2D eigenvalue weighted by molar-refractivity contribution is 14.0. The third-order valence-corrected chi connectivity index (χ3v) is 5.20. The van der Waals surface area contributed by atoms with Crippen molar-refractivity contribution in [2.45, 2.75) is 20.0 Å². The number of benzene rings is 2. The Bertz CT molecular complexity index is 805. The second kappa shape index (κ2) is 12.0. The molecule has 1 aliphatic rings. The van der Waals surface area contributed by atoms with E-state index < -0.39 is 6.10 Å². The highest BCUT2D eigenvalue weighted by Gasteiger charge is 2.20. The summed E-state index contributed by atoms with van der Waals surface area (Å²) in [5.74, 6) is 1.65. The Labute approximate surface area is 197 Å². The Morgan fingerprint density at radius 2 is 1.83 bits per heavy atom. The number of nitrogens with one attached hydrogen (secondary N) is 1. The van der Waals surface area contributed by atoms with E-state index >= 15 is 0 Å². The maximum atomic E-state index is 10.5. The van der Waals surface area contributed by atoms with Crippen molar-refractivity contribution < 1.29 is 9.84 Å². The van der Waals surface area contributed by atoms with Gasteiger partial charge in [0.2, 0.25) is 0 Å². The van der Waals surface area contributed by atoms with Crippen molar-refractivity contribution in [1.29, 1.82) is 0 Å². The van der Waals surface area contributed by atoms with E-state index in [0.717, 1.165) is 50.0 Å². The summed E-state index contributed by atoms with van der Waals surface area (Å²) in [7, 11) is 1.64. The second-order valence-corrected chi connectivity index (χ2v) is 7.30. The first-order valence-electron chi connectivity index (χ1n) is 10.3. The average molecular weight is 524 g/mol. The van der Waals surface area contributed by atoms with E-state index in [1.54, 1.807) is 7.11 Å². The lowest BCUT2D eigenvalue weighted by Gasteiger charge is -2.38. The van der Waals surface area contributed by atoms with Crippen LogP contribution in [0.4, 0.5) is 5.69 Å². The van der Waals surface area contributed by atoms with E-state index in [4.69, 9.17) is 9.73 Å². The topological polar surface area (TPSA) is 60.3 Å². The van der Waals surface area contributed by atoms with Crippen molar-refractivity contribution in [3.05, 3.63) is 59.7 Å². The van der Waals surface area contributed by atoms with Crippen LogP contribution in [0.25, 0.3) is 0 Å². The molecular weight excluding hydrogens is 491 g/mol. The van der Waals surface area contributed by atoms with Crippen LogP contribution in [-0.4, -0.2) is 62.3 Å². The van der Waals surface area contributed by atoms with Crippen molar-refractivity contribution in [2.24, 2.45) is 4.99 Å². The maximum absolute atomic E-state index is 10.5. The lowest BCUT2D eigenvalue weighted by molar-refractivity contribution is 0.186. The minimum Gasteiger partial charge on any atom is -0.497 e. The van der Waals surface area contributed by atoms with Crippen LogP contribution in [0, 0.1) is 6.92 Å². The number of hydrogen-bond acceptors (Lipinski definition) is 4. The minimum atomic E-state index is -0.636. The number of rotatable bonds is 6. The molecule has 3 rings (SSSR count). The van der Waals surface area contributed by atoms with Gasteiger partial charge in [-0.15, -0.1) is 24.0 Å². The fourth-order valence-electron chi connectivity index (χ4n) is 3.53. The summed E-state index contributed by atoms with van der Waals surface area (Å²) in [6, 6.07) is 16.1. The molecule has 1 saturated heterocycles. The largest absolute Gasteiger partial charge is 0.497 e. The number of aliphatic imine (C=N–C) groups is 1. The number of hydrogen-bond donors (Lipinski definition) is 2. The summed E-state index contributed by atoms with van der Waals surface area (Å²) in [6.07, 6.45) is -0.636. The summed E-state index contributed by atoms with van der Waals surface area (Å²) in [4.78, 5) is 9.39. The Morgan fingerprint density at radius 1 is 1.13 bits per heavy atom. The number of ether oxygens (including phenoxy) is 1. The summed E-state index contributed by atoms with van der Waals surface area (Å²) in [6.45, 7) is 9.03. The normalized spacial score (nSPS) is 15.4. The van der Waals surface area contributed by atoms with Crippen LogP contribution < -0.4 is 15.0 Å². The predicted octanol–water partition coefficient (Wildman–Crippen LogP) is 3.44. The molecule has 1 heterocycles. The highest BCUT2D eigenvalue weighted by atomic mass is 127. The van der Waals surface area contributed by atoms with Crippen LogP contribution in [0.3, 0.4) is 0 Å². The van der Waals surface area contributed by atoms with Gasteiger partial charge in [0.15, 0.2) is 5.96 Å². The molecular formula is C23H33IN4O2. The first kappa shape index (κ1) is 24.3. The standard InChI is InChI=1S/C23H32N4O2.HI/c1-4-24-23(25-17-22(28)19-8-10-21(29-3)11-9-19)27-14-12-26(13-15-27)20-7-5-6-18(2)16-20;/h5-11,16,22,28H,4,12-15,17H2,1-3H3,(H,24,25);1H. The Balaban J connectivity index is 0.00000320. The number of nitrogens with zero attached hydrogens (tertiary/aromatic N) is 3. The summed E-state index contributed by atoms with van der Waals surface area (Å²) >= 11 is 0. The predicted molar refractivity (Wildman–Crippen MR) is 134 cm³/mol. The molecule has 0 radical (unpaired) electrons. The monoisotopic (exact) mass is 524 g/mol. The van der Waals surface area contributed by atoms with E-state index in [-0.39, 0.29) is 24.0 Å². The number of anilines is 1. The number of guanidine groups is 1. The molecule has 0 amide bonds. The van der Waals surface area contributed by atoms with Gasteiger partial charge in [0.1, 0.15) is 5.75 Å². The first-order valence-corrected chi connectivity index (χ1v) is 10.3. The van der Waals surface area contributed by atoms with Crippen LogP contribution in [0.15, 0.2) is 53.5 Å². The molecule has 1 fully saturated rings. The minimum absolute atomic E-state index is 0. The number of aliphatic hydroxyl groups is 1.